The highest BCUT2D eigenvalue weighted by Crippen LogP contribution is 2.22. The minimum atomic E-state index is -0.0541. The zero-order chi connectivity index (χ0) is 21.7. The molecule has 0 bridgehead atoms. The van der Waals surface area contributed by atoms with E-state index < -0.39 is 0 Å². The van der Waals surface area contributed by atoms with Crippen molar-refractivity contribution in [3.63, 3.8) is 0 Å². The lowest BCUT2D eigenvalue weighted by Gasteiger charge is -2.26. The third-order valence-corrected chi connectivity index (χ3v) is 5.55. The van der Waals surface area contributed by atoms with Crippen LogP contribution < -0.4 is 0 Å². The average molecular weight is 411 g/mol. The smallest absolute Gasteiger partial charge is 0.246 e. The third-order valence-electron chi connectivity index (χ3n) is 5.55. The maximum atomic E-state index is 12.9. The van der Waals surface area contributed by atoms with Crippen LogP contribution in [0, 0.1) is 6.92 Å². The van der Waals surface area contributed by atoms with E-state index in [2.05, 4.69) is 41.3 Å². The van der Waals surface area contributed by atoms with Crippen molar-refractivity contribution in [1.29, 1.82) is 0 Å². The first-order valence-electron chi connectivity index (χ1n) is 10.6. The van der Waals surface area contributed by atoms with Gasteiger partial charge in [-0.2, -0.15) is 4.98 Å². The first-order chi connectivity index (χ1) is 14.4. The number of likely N-dealkylation sites (tertiary alicyclic amines) is 1. The molecule has 1 aromatic heterocycles. The fourth-order valence-electron chi connectivity index (χ4n) is 3.74. The van der Waals surface area contributed by atoms with Crippen LogP contribution in [-0.4, -0.2) is 50.9 Å². The van der Waals surface area contributed by atoms with Gasteiger partial charge in [0.2, 0.25) is 17.7 Å². The summed E-state index contributed by atoms with van der Waals surface area (Å²) in [5.41, 5.74) is 3.28. The summed E-state index contributed by atoms with van der Waals surface area (Å²) in [6, 6.07) is 8.17. The van der Waals surface area contributed by atoms with Crippen LogP contribution >= 0.6 is 0 Å². The fraction of sp³-hybridized carbons (Fsp3) is 0.478. The predicted molar refractivity (Wildman–Crippen MR) is 114 cm³/mol. The maximum absolute atomic E-state index is 12.9. The van der Waals surface area contributed by atoms with Crippen molar-refractivity contribution < 1.29 is 14.1 Å². The van der Waals surface area contributed by atoms with E-state index in [1.54, 1.807) is 11.0 Å². The Kier molecular flexibility index (Phi) is 7.03. The Labute approximate surface area is 177 Å². The molecule has 7 heteroatoms. The highest BCUT2D eigenvalue weighted by molar-refractivity contribution is 5.95. The van der Waals surface area contributed by atoms with Crippen LogP contribution in [0.3, 0.4) is 0 Å². The number of aromatic nitrogens is 2. The van der Waals surface area contributed by atoms with Crippen molar-refractivity contribution in [2.45, 2.75) is 59.5 Å². The predicted octanol–water partition coefficient (Wildman–Crippen LogP) is 3.38. The summed E-state index contributed by atoms with van der Waals surface area (Å²) in [4.78, 5) is 33.0. The summed E-state index contributed by atoms with van der Waals surface area (Å²) in [6.07, 6.45) is 3.91. The van der Waals surface area contributed by atoms with Gasteiger partial charge in [0.05, 0.1) is 12.6 Å². The monoisotopic (exact) mass is 410 g/mol. The standard InChI is InChI=1S/C23H30N4O3/c1-5-18(19-9-7-16(3)8-10-19)13-23(29)26-12-11-20(14-26)27(17(4)28)15-21-24-22(6-2)30-25-21/h7-10,13,20H,5-6,11-12,14-15H2,1-4H3/b18-13+. The minimum absolute atomic E-state index is 0.00810. The molecule has 0 radical (unpaired) electrons. The molecule has 30 heavy (non-hydrogen) atoms. The van der Waals surface area contributed by atoms with E-state index in [0.717, 1.165) is 24.0 Å². The van der Waals surface area contributed by atoms with Gasteiger partial charge in [-0.3, -0.25) is 9.59 Å². The van der Waals surface area contributed by atoms with E-state index in [1.165, 1.54) is 12.5 Å². The lowest BCUT2D eigenvalue weighted by atomic mass is 10.0. The van der Waals surface area contributed by atoms with Gasteiger partial charge in [0, 0.05) is 32.5 Å². The van der Waals surface area contributed by atoms with Gasteiger partial charge in [-0.1, -0.05) is 48.8 Å². The molecule has 1 unspecified atom stereocenters. The second-order valence-corrected chi connectivity index (χ2v) is 7.72. The van der Waals surface area contributed by atoms with Crippen LogP contribution in [0.4, 0.5) is 0 Å². The van der Waals surface area contributed by atoms with Gasteiger partial charge in [0.1, 0.15) is 0 Å². The summed E-state index contributed by atoms with van der Waals surface area (Å²) in [6.45, 7) is 9.02. The van der Waals surface area contributed by atoms with E-state index in [9.17, 15) is 9.59 Å². The fourth-order valence-corrected chi connectivity index (χ4v) is 3.74. The molecular formula is C23H30N4O3. The van der Waals surface area contributed by atoms with Gasteiger partial charge < -0.3 is 14.3 Å². The molecule has 1 saturated heterocycles. The molecule has 2 aromatic rings. The highest BCUT2D eigenvalue weighted by atomic mass is 16.5. The molecule has 1 fully saturated rings. The van der Waals surface area contributed by atoms with Crippen molar-refractivity contribution in [1.82, 2.24) is 19.9 Å². The van der Waals surface area contributed by atoms with E-state index in [-0.39, 0.29) is 17.9 Å². The molecule has 1 aromatic carbocycles. The Balaban J connectivity index is 1.68. The SMILES string of the molecule is CC/C(=C\C(=O)N1CCC(N(Cc2noc(CC)n2)C(C)=O)C1)c1ccc(C)cc1. The Bertz CT molecular complexity index is 917. The average Bonchev–Trinajstić information content (AvgIpc) is 3.40. The quantitative estimate of drug-likeness (QED) is 0.654. The molecule has 0 N–H and O–H groups in total. The van der Waals surface area contributed by atoms with Gasteiger partial charge in [0.15, 0.2) is 5.82 Å². The van der Waals surface area contributed by atoms with Crippen LogP contribution in [0.5, 0.6) is 0 Å². The third kappa shape index (κ3) is 5.14. The molecule has 0 saturated carbocycles. The van der Waals surface area contributed by atoms with Crippen molar-refractivity contribution in [2.75, 3.05) is 13.1 Å². The van der Waals surface area contributed by atoms with E-state index >= 15 is 0 Å². The zero-order valence-corrected chi connectivity index (χ0v) is 18.2. The highest BCUT2D eigenvalue weighted by Gasteiger charge is 2.32. The lowest BCUT2D eigenvalue weighted by molar-refractivity contribution is -0.132. The lowest BCUT2D eigenvalue weighted by Crippen LogP contribution is -2.41. The number of carbonyl (C=O) groups excluding carboxylic acids is 2. The van der Waals surface area contributed by atoms with Gasteiger partial charge in [-0.05, 0) is 30.9 Å². The molecule has 1 aliphatic heterocycles. The van der Waals surface area contributed by atoms with Crippen molar-refractivity contribution >= 4 is 17.4 Å². The summed E-state index contributed by atoms with van der Waals surface area (Å²) in [7, 11) is 0. The minimum Gasteiger partial charge on any atom is -0.339 e. The van der Waals surface area contributed by atoms with Gasteiger partial charge >= 0.3 is 0 Å². The topological polar surface area (TPSA) is 79.5 Å². The van der Waals surface area contributed by atoms with E-state index in [4.69, 9.17) is 4.52 Å². The molecule has 160 valence electrons. The first-order valence-corrected chi connectivity index (χ1v) is 10.6. The van der Waals surface area contributed by atoms with Crippen molar-refractivity contribution in [3.05, 3.63) is 53.2 Å². The molecule has 0 spiro atoms. The Hall–Kier alpha value is -2.96. The maximum Gasteiger partial charge on any atom is 0.246 e. The number of aryl methyl sites for hydroxylation is 2. The Morgan fingerprint density at radius 2 is 2.00 bits per heavy atom. The Morgan fingerprint density at radius 3 is 2.60 bits per heavy atom. The van der Waals surface area contributed by atoms with Crippen LogP contribution in [0.15, 0.2) is 34.9 Å². The number of carbonyl (C=O) groups is 2. The van der Waals surface area contributed by atoms with Crippen molar-refractivity contribution in [2.24, 2.45) is 0 Å². The number of amides is 2. The number of hydrogen-bond donors (Lipinski definition) is 0. The van der Waals surface area contributed by atoms with Gasteiger partial charge in [0.25, 0.3) is 0 Å². The number of hydrogen-bond acceptors (Lipinski definition) is 5. The molecule has 0 aliphatic carbocycles. The molecule has 2 heterocycles. The zero-order valence-electron chi connectivity index (χ0n) is 18.2. The molecule has 7 nitrogen and oxygen atoms in total. The van der Waals surface area contributed by atoms with Gasteiger partial charge in [-0.15, -0.1) is 0 Å². The second kappa shape index (κ2) is 9.69. The van der Waals surface area contributed by atoms with E-state index in [0.29, 0.717) is 37.8 Å². The summed E-state index contributed by atoms with van der Waals surface area (Å²) < 4.78 is 5.15. The normalized spacial score (nSPS) is 16.7. The summed E-state index contributed by atoms with van der Waals surface area (Å²) in [5.74, 6) is 0.997. The first kappa shape index (κ1) is 21.7. The van der Waals surface area contributed by atoms with Crippen LogP contribution in [-0.2, 0) is 22.6 Å². The second-order valence-electron chi connectivity index (χ2n) is 7.72. The number of benzene rings is 1. The largest absolute Gasteiger partial charge is 0.339 e. The van der Waals surface area contributed by atoms with Crippen LogP contribution in [0.2, 0.25) is 0 Å². The van der Waals surface area contributed by atoms with Crippen LogP contribution in [0.1, 0.15) is 56.5 Å². The molecular weight excluding hydrogens is 380 g/mol. The number of nitrogens with zero attached hydrogens (tertiary/aromatic N) is 4. The van der Waals surface area contributed by atoms with Gasteiger partial charge in [-0.25, -0.2) is 0 Å². The molecule has 3 rings (SSSR count). The molecule has 1 aliphatic rings. The molecule has 1 atom stereocenters. The summed E-state index contributed by atoms with van der Waals surface area (Å²) in [5, 5.41) is 3.95. The van der Waals surface area contributed by atoms with Crippen molar-refractivity contribution in [3.8, 4) is 0 Å². The number of allylic oxidation sites excluding steroid dienone is 1. The summed E-state index contributed by atoms with van der Waals surface area (Å²) >= 11 is 0. The van der Waals surface area contributed by atoms with Crippen LogP contribution in [0.25, 0.3) is 5.57 Å². The number of rotatable bonds is 7. The van der Waals surface area contributed by atoms with E-state index in [1.807, 2.05) is 18.7 Å². The molecule has 2 amide bonds. The Morgan fingerprint density at radius 1 is 1.27 bits per heavy atom.